The van der Waals surface area contributed by atoms with E-state index in [9.17, 15) is 24.3 Å². The summed E-state index contributed by atoms with van der Waals surface area (Å²) in [7, 11) is 0. The number of primary amides is 1. The topological polar surface area (TPSA) is 159 Å². The Balaban J connectivity index is 2.07. The number of aliphatic hydroxyl groups is 1. The normalized spacial score (nSPS) is 24.6. The standard InChI is InChI=1S/C20H35N5O5/c1-11(2)10-13(21)16(26)20(30)25-9-5-7-15(25)19(29)24-8-4-6-14(24)18(28)23-12(3)17(22)27/h11-16,26H,4-10,21H2,1-3H3,(H2,22,27)(H,23,28)/t12-,13?,14-,15-,16?/m0/s1. The highest BCUT2D eigenvalue weighted by Gasteiger charge is 2.44. The second-order valence-corrected chi connectivity index (χ2v) is 8.75. The molecule has 2 unspecified atom stereocenters. The highest BCUT2D eigenvalue weighted by Crippen LogP contribution is 2.26. The van der Waals surface area contributed by atoms with E-state index in [1.807, 2.05) is 13.8 Å². The van der Waals surface area contributed by atoms with Crippen LogP contribution in [-0.2, 0) is 19.2 Å². The Morgan fingerprint density at radius 2 is 1.60 bits per heavy atom. The minimum absolute atomic E-state index is 0.227. The minimum Gasteiger partial charge on any atom is -0.382 e. The van der Waals surface area contributed by atoms with E-state index in [0.29, 0.717) is 45.2 Å². The van der Waals surface area contributed by atoms with E-state index in [1.165, 1.54) is 16.7 Å². The van der Waals surface area contributed by atoms with E-state index in [4.69, 9.17) is 11.5 Å². The fourth-order valence-corrected chi connectivity index (χ4v) is 4.19. The Labute approximate surface area is 177 Å². The first kappa shape index (κ1) is 24.1. The molecule has 30 heavy (non-hydrogen) atoms. The maximum Gasteiger partial charge on any atom is 0.253 e. The summed E-state index contributed by atoms with van der Waals surface area (Å²) >= 11 is 0. The first-order valence-corrected chi connectivity index (χ1v) is 10.7. The molecule has 170 valence electrons. The highest BCUT2D eigenvalue weighted by molar-refractivity contribution is 5.95. The maximum atomic E-state index is 13.2. The number of nitrogens with two attached hydrogens (primary N) is 2. The van der Waals surface area contributed by atoms with Crippen LogP contribution in [0.5, 0.6) is 0 Å². The van der Waals surface area contributed by atoms with Gasteiger partial charge >= 0.3 is 0 Å². The van der Waals surface area contributed by atoms with Crippen molar-refractivity contribution in [2.24, 2.45) is 17.4 Å². The van der Waals surface area contributed by atoms with E-state index >= 15 is 0 Å². The summed E-state index contributed by atoms with van der Waals surface area (Å²) < 4.78 is 0. The third-order valence-corrected chi connectivity index (χ3v) is 5.85. The first-order chi connectivity index (χ1) is 14.0. The molecule has 10 nitrogen and oxygen atoms in total. The van der Waals surface area contributed by atoms with Gasteiger partial charge in [-0.25, -0.2) is 0 Å². The summed E-state index contributed by atoms with van der Waals surface area (Å²) in [5, 5.41) is 12.9. The predicted molar refractivity (Wildman–Crippen MR) is 110 cm³/mol. The fraction of sp³-hybridized carbons (Fsp3) is 0.800. The van der Waals surface area contributed by atoms with Crippen LogP contribution >= 0.6 is 0 Å². The number of hydrogen-bond donors (Lipinski definition) is 4. The monoisotopic (exact) mass is 425 g/mol. The van der Waals surface area contributed by atoms with Crippen LogP contribution in [0.15, 0.2) is 0 Å². The first-order valence-electron chi connectivity index (χ1n) is 10.7. The molecule has 2 heterocycles. The molecule has 0 aliphatic carbocycles. The van der Waals surface area contributed by atoms with Crippen molar-refractivity contribution in [3.63, 3.8) is 0 Å². The average Bonchev–Trinajstić information content (AvgIpc) is 3.34. The Morgan fingerprint density at radius 1 is 1.03 bits per heavy atom. The van der Waals surface area contributed by atoms with E-state index in [0.717, 1.165) is 0 Å². The van der Waals surface area contributed by atoms with E-state index in [2.05, 4.69) is 5.32 Å². The van der Waals surface area contributed by atoms with Crippen molar-refractivity contribution in [1.29, 1.82) is 0 Å². The lowest BCUT2D eigenvalue weighted by atomic mass is 9.99. The number of hydrogen-bond acceptors (Lipinski definition) is 6. The minimum atomic E-state index is -1.37. The van der Waals surface area contributed by atoms with Gasteiger partial charge in [0.25, 0.3) is 5.91 Å². The third kappa shape index (κ3) is 5.48. The van der Waals surface area contributed by atoms with Crippen LogP contribution in [0.25, 0.3) is 0 Å². The van der Waals surface area contributed by atoms with E-state index in [1.54, 1.807) is 0 Å². The molecule has 5 atom stereocenters. The van der Waals surface area contributed by atoms with Crippen LogP contribution in [0.3, 0.4) is 0 Å². The lowest BCUT2D eigenvalue weighted by molar-refractivity contribution is -0.151. The van der Waals surface area contributed by atoms with Gasteiger partial charge in [0, 0.05) is 19.1 Å². The van der Waals surface area contributed by atoms with Crippen LogP contribution in [0, 0.1) is 5.92 Å². The number of nitrogens with zero attached hydrogens (tertiary/aromatic N) is 2. The number of likely N-dealkylation sites (tertiary alicyclic amines) is 2. The van der Waals surface area contributed by atoms with Crippen molar-refractivity contribution >= 4 is 23.6 Å². The molecular weight excluding hydrogens is 390 g/mol. The molecule has 2 rings (SSSR count). The number of nitrogens with one attached hydrogen (secondary N) is 1. The SMILES string of the molecule is CC(C)CC(N)C(O)C(=O)N1CCC[C@H]1C(=O)N1CCC[C@H]1C(=O)N[C@@H](C)C(N)=O. The summed E-state index contributed by atoms with van der Waals surface area (Å²) in [6, 6.07) is -2.96. The molecule has 0 bridgehead atoms. The molecular formula is C20H35N5O5. The van der Waals surface area contributed by atoms with Crippen molar-refractivity contribution in [3.8, 4) is 0 Å². The van der Waals surface area contributed by atoms with Crippen molar-refractivity contribution < 1.29 is 24.3 Å². The van der Waals surface area contributed by atoms with Gasteiger partial charge in [0.05, 0.1) is 0 Å². The van der Waals surface area contributed by atoms with Crippen LogP contribution < -0.4 is 16.8 Å². The Hall–Kier alpha value is -2.20. The van der Waals surface area contributed by atoms with Gasteiger partial charge in [-0.2, -0.15) is 0 Å². The molecule has 0 aromatic carbocycles. The molecule has 0 aromatic heterocycles. The van der Waals surface area contributed by atoms with Gasteiger partial charge in [-0.15, -0.1) is 0 Å². The zero-order valence-corrected chi connectivity index (χ0v) is 18.0. The lowest BCUT2D eigenvalue weighted by Crippen LogP contribution is -2.57. The molecule has 2 aliphatic rings. The summed E-state index contributed by atoms with van der Waals surface area (Å²) in [5.74, 6) is -1.71. The largest absolute Gasteiger partial charge is 0.382 e. The van der Waals surface area contributed by atoms with Gasteiger partial charge in [0.15, 0.2) is 0 Å². The Kier molecular flexibility index (Phi) is 8.19. The van der Waals surface area contributed by atoms with Crippen LogP contribution in [0.2, 0.25) is 0 Å². The summed E-state index contributed by atoms with van der Waals surface area (Å²) in [4.78, 5) is 52.7. The molecule has 2 aliphatic heterocycles. The Morgan fingerprint density at radius 3 is 2.17 bits per heavy atom. The summed E-state index contributed by atoms with van der Waals surface area (Å²) in [6.45, 7) is 6.16. The molecule has 0 saturated carbocycles. The molecule has 2 saturated heterocycles. The summed E-state index contributed by atoms with van der Waals surface area (Å²) in [6.07, 6.45) is 1.36. The zero-order chi connectivity index (χ0) is 22.6. The number of carbonyl (C=O) groups is 4. The van der Waals surface area contributed by atoms with Gasteiger partial charge in [0.1, 0.15) is 24.2 Å². The average molecular weight is 426 g/mol. The van der Waals surface area contributed by atoms with Crippen LogP contribution in [0.1, 0.15) is 52.9 Å². The van der Waals surface area contributed by atoms with Gasteiger partial charge < -0.3 is 31.7 Å². The number of aliphatic hydroxyl groups excluding tert-OH is 1. The smallest absolute Gasteiger partial charge is 0.253 e. The van der Waals surface area contributed by atoms with Crippen molar-refractivity contribution in [2.75, 3.05) is 13.1 Å². The third-order valence-electron chi connectivity index (χ3n) is 5.85. The quantitative estimate of drug-likeness (QED) is 0.378. The maximum absolute atomic E-state index is 13.2. The summed E-state index contributed by atoms with van der Waals surface area (Å²) in [5.41, 5.74) is 11.2. The number of amides is 4. The van der Waals surface area contributed by atoms with Gasteiger partial charge in [0.2, 0.25) is 17.7 Å². The van der Waals surface area contributed by atoms with E-state index in [-0.39, 0.29) is 11.8 Å². The number of carbonyl (C=O) groups excluding carboxylic acids is 4. The molecule has 0 aromatic rings. The van der Waals surface area contributed by atoms with Crippen molar-refractivity contribution in [3.05, 3.63) is 0 Å². The second kappa shape index (κ2) is 10.2. The van der Waals surface area contributed by atoms with Crippen LogP contribution in [-0.4, -0.2) is 81.9 Å². The van der Waals surface area contributed by atoms with Gasteiger partial charge in [-0.1, -0.05) is 13.8 Å². The van der Waals surface area contributed by atoms with Gasteiger partial charge in [-0.05, 0) is 44.9 Å². The second-order valence-electron chi connectivity index (χ2n) is 8.75. The molecule has 6 N–H and O–H groups in total. The molecule has 4 amide bonds. The fourth-order valence-electron chi connectivity index (χ4n) is 4.19. The van der Waals surface area contributed by atoms with Crippen LogP contribution in [0.4, 0.5) is 0 Å². The van der Waals surface area contributed by atoms with E-state index < -0.39 is 48.0 Å². The number of rotatable bonds is 8. The Bertz CT molecular complexity index is 670. The lowest BCUT2D eigenvalue weighted by Gasteiger charge is -2.33. The molecule has 10 heteroatoms. The van der Waals surface area contributed by atoms with Crippen molar-refractivity contribution in [2.45, 2.75) is 83.1 Å². The molecule has 2 fully saturated rings. The zero-order valence-electron chi connectivity index (χ0n) is 18.0. The highest BCUT2D eigenvalue weighted by atomic mass is 16.3. The predicted octanol–water partition coefficient (Wildman–Crippen LogP) is -1.31. The molecule has 0 spiro atoms. The van der Waals surface area contributed by atoms with Crippen molar-refractivity contribution in [1.82, 2.24) is 15.1 Å². The molecule has 0 radical (unpaired) electrons. The van der Waals surface area contributed by atoms with Gasteiger partial charge in [-0.3, -0.25) is 19.2 Å².